The molecule has 1 rings (SSSR count). The van der Waals surface area contributed by atoms with E-state index in [1.54, 1.807) is 7.11 Å². The number of amides is 1. The number of nitrogens with one attached hydrogen (secondary N) is 2. The van der Waals surface area contributed by atoms with Crippen LogP contribution in [-0.4, -0.2) is 38.8 Å². The summed E-state index contributed by atoms with van der Waals surface area (Å²) in [6.45, 7) is 2.61. The van der Waals surface area contributed by atoms with Crippen LogP contribution < -0.4 is 10.6 Å². The molecule has 1 atom stereocenters. The van der Waals surface area contributed by atoms with Crippen molar-refractivity contribution in [2.24, 2.45) is 0 Å². The number of carbonyl (C=O) groups excluding carboxylic acids is 1. The Morgan fingerprint density at radius 1 is 1.44 bits per heavy atom. The van der Waals surface area contributed by atoms with Gasteiger partial charge in [-0.15, -0.1) is 0 Å². The third-order valence-electron chi connectivity index (χ3n) is 2.94. The third-order valence-corrected chi connectivity index (χ3v) is 2.94. The van der Waals surface area contributed by atoms with E-state index in [-0.39, 0.29) is 5.91 Å². The molecule has 4 nitrogen and oxygen atoms in total. The third kappa shape index (κ3) is 6.08. The molecule has 1 saturated heterocycles. The van der Waals surface area contributed by atoms with Crippen molar-refractivity contribution >= 4 is 5.91 Å². The maximum absolute atomic E-state index is 11.6. The Balaban J connectivity index is 1.97. The van der Waals surface area contributed by atoms with Gasteiger partial charge in [0.25, 0.3) is 0 Å². The van der Waals surface area contributed by atoms with Crippen molar-refractivity contribution in [3.05, 3.63) is 0 Å². The predicted molar refractivity (Wildman–Crippen MR) is 64.4 cm³/mol. The molecule has 0 spiro atoms. The van der Waals surface area contributed by atoms with E-state index in [9.17, 15) is 4.79 Å². The van der Waals surface area contributed by atoms with Crippen LogP contribution in [0.25, 0.3) is 0 Å². The highest BCUT2D eigenvalue weighted by atomic mass is 16.5. The molecule has 1 heterocycles. The number of hydrogen-bond acceptors (Lipinski definition) is 3. The van der Waals surface area contributed by atoms with Gasteiger partial charge in [0, 0.05) is 32.7 Å². The molecule has 16 heavy (non-hydrogen) atoms. The maximum Gasteiger partial charge on any atom is 0.221 e. The summed E-state index contributed by atoms with van der Waals surface area (Å²) in [5, 5.41) is 6.33. The predicted octanol–water partition coefficient (Wildman–Crippen LogP) is 1.06. The summed E-state index contributed by atoms with van der Waals surface area (Å²) < 4.78 is 4.95. The summed E-state index contributed by atoms with van der Waals surface area (Å²) in [6, 6.07) is 0.396. The standard InChI is InChI=1S/C12H24N2O2/c1-16-9-5-4-8-14-12(15)10-11-6-2-3-7-13-11/h11,13H,2-10H2,1H3,(H,14,15). The van der Waals surface area contributed by atoms with Gasteiger partial charge in [0.1, 0.15) is 0 Å². The number of carbonyl (C=O) groups is 1. The van der Waals surface area contributed by atoms with E-state index in [1.807, 2.05) is 0 Å². The SMILES string of the molecule is COCCCCNC(=O)CC1CCCCN1. The summed E-state index contributed by atoms with van der Waals surface area (Å²) in [5.74, 6) is 0.178. The van der Waals surface area contributed by atoms with Gasteiger partial charge >= 0.3 is 0 Å². The molecule has 2 N–H and O–H groups in total. The van der Waals surface area contributed by atoms with Gasteiger partial charge in [-0.1, -0.05) is 6.42 Å². The first-order chi connectivity index (χ1) is 7.83. The average molecular weight is 228 g/mol. The first-order valence-electron chi connectivity index (χ1n) is 6.32. The second kappa shape index (κ2) is 8.53. The first-order valence-corrected chi connectivity index (χ1v) is 6.32. The summed E-state index contributed by atoms with van der Waals surface area (Å²) in [6.07, 6.45) is 6.27. The highest BCUT2D eigenvalue weighted by Crippen LogP contribution is 2.09. The Labute approximate surface area is 98.1 Å². The fourth-order valence-corrected chi connectivity index (χ4v) is 1.99. The molecular formula is C12H24N2O2. The van der Waals surface area contributed by atoms with E-state index in [1.165, 1.54) is 12.8 Å². The topological polar surface area (TPSA) is 50.4 Å². The van der Waals surface area contributed by atoms with Crippen molar-refractivity contribution in [1.29, 1.82) is 0 Å². The largest absolute Gasteiger partial charge is 0.385 e. The normalized spacial score (nSPS) is 20.7. The lowest BCUT2D eigenvalue weighted by Crippen LogP contribution is -2.38. The summed E-state index contributed by atoms with van der Waals surface area (Å²) in [4.78, 5) is 11.6. The van der Waals surface area contributed by atoms with Gasteiger partial charge in [-0.2, -0.15) is 0 Å². The number of hydrogen-bond donors (Lipinski definition) is 2. The number of ether oxygens (including phenoxy) is 1. The van der Waals surface area contributed by atoms with Crippen LogP contribution in [0.5, 0.6) is 0 Å². The lowest BCUT2D eigenvalue weighted by Gasteiger charge is -2.22. The average Bonchev–Trinajstić information content (AvgIpc) is 2.30. The molecule has 1 fully saturated rings. The molecule has 4 heteroatoms. The van der Waals surface area contributed by atoms with Crippen LogP contribution in [0, 0.1) is 0 Å². The van der Waals surface area contributed by atoms with E-state index >= 15 is 0 Å². The van der Waals surface area contributed by atoms with Crippen LogP contribution in [0.4, 0.5) is 0 Å². The second-order valence-electron chi connectivity index (χ2n) is 4.40. The van der Waals surface area contributed by atoms with Gasteiger partial charge in [0.2, 0.25) is 5.91 Å². The van der Waals surface area contributed by atoms with Crippen LogP contribution in [0.2, 0.25) is 0 Å². The zero-order valence-electron chi connectivity index (χ0n) is 10.3. The molecule has 0 aromatic rings. The van der Waals surface area contributed by atoms with Gasteiger partial charge in [0.05, 0.1) is 0 Å². The van der Waals surface area contributed by atoms with E-state index in [4.69, 9.17) is 4.74 Å². The lowest BCUT2D eigenvalue weighted by atomic mass is 10.0. The van der Waals surface area contributed by atoms with Crippen molar-refractivity contribution in [3.8, 4) is 0 Å². The van der Waals surface area contributed by atoms with Crippen LogP contribution in [-0.2, 0) is 9.53 Å². The second-order valence-corrected chi connectivity index (χ2v) is 4.40. The Morgan fingerprint density at radius 2 is 2.31 bits per heavy atom. The molecule has 0 aliphatic carbocycles. The molecule has 94 valence electrons. The maximum atomic E-state index is 11.6. The van der Waals surface area contributed by atoms with E-state index < -0.39 is 0 Å². The van der Waals surface area contributed by atoms with Gasteiger partial charge in [-0.3, -0.25) is 4.79 Å². The zero-order chi connectivity index (χ0) is 11.6. The Morgan fingerprint density at radius 3 is 3.00 bits per heavy atom. The molecule has 1 aliphatic rings. The quantitative estimate of drug-likeness (QED) is 0.641. The highest BCUT2D eigenvalue weighted by molar-refractivity contribution is 5.76. The van der Waals surface area contributed by atoms with E-state index in [0.29, 0.717) is 12.5 Å². The van der Waals surface area contributed by atoms with Gasteiger partial charge in [-0.05, 0) is 32.2 Å². The van der Waals surface area contributed by atoms with Crippen LogP contribution in [0.15, 0.2) is 0 Å². The summed E-state index contributed by atoms with van der Waals surface area (Å²) in [7, 11) is 1.70. The fraction of sp³-hybridized carbons (Fsp3) is 0.917. The van der Waals surface area contributed by atoms with Gasteiger partial charge in [0.15, 0.2) is 0 Å². The monoisotopic (exact) mass is 228 g/mol. The van der Waals surface area contributed by atoms with Crippen molar-refractivity contribution in [1.82, 2.24) is 10.6 Å². The van der Waals surface area contributed by atoms with E-state index in [2.05, 4.69) is 10.6 Å². The number of rotatable bonds is 7. The molecule has 0 bridgehead atoms. The van der Waals surface area contributed by atoms with Crippen molar-refractivity contribution < 1.29 is 9.53 Å². The van der Waals surface area contributed by atoms with Gasteiger partial charge in [-0.25, -0.2) is 0 Å². The van der Waals surface area contributed by atoms with Crippen LogP contribution in [0.1, 0.15) is 38.5 Å². The first kappa shape index (κ1) is 13.5. The molecule has 1 unspecified atom stereocenters. The smallest absolute Gasteiger partial charge is 0.221 e. The Hall–Kier alpha value is -0.610. The molecular weight excluding hydrogens is 204 g/mol. The molecule has 0 radical (unpaired) electrons. The van der Waals surface area contributed by atoms with Crippen LogP contribution >= 0.6 is 0 Å². The zero-order valence-corrected chi connectivity index (χ0v) is 10.3. The molecule has 0 aromatic heterocycles. The minimum atomic E-state index is 0.178. The van der Waals surface area contributed by atoms with Crippen molar-refractivity contribution in [2.75, 3.05) is 26.8 Å². The molecule has 1 aliphatic heterocycles. The Bertz CT molecular complexity index is 191. The van der Waals surface area contributed by atoms with Crippen molar-refractivity contribution in [2.45, 2.75) is 44.6 Å². The van der Waals surface area contributed by atoms with Crippen LogP contribution in [0.3, 0.4) is 0 Å². The van der Waals surface area contributed by atoms with Crippen molar-refractivity contribution in [3.63, 3.8) is 0 Å². The fourth-order valence-electron chi connectivity index (χ4n) is 1.99. The lowest BCUT2D eigenvalue weighted by molar-refractivity contribution is -0.121. The summed E-state index contributed by atoms with van der Waals surface area (Å²) in [5.41, 5.74) is 0. The Kier molecular flexibility index (Phi) is 7.17. The van der Waals surface area contributed by atoms with Gasteiger partial charge < -0.3 is 15.4 Å². The highest BCUT2D eigenvalue weighted by Gasteiger charge is 2.15. The minimum Gasteiger partial charge on any atom is -0.385 e. The van der Waals surface area contributed by atoms with E-state index in [0.717, 1.165) is 39.0 Å². The number of piperidine rings is 1. The molecule has 1 amide bonds. The molecule has 0 saturated carbocycles. The summed E-state index contributed by atoms with van der Waals surface area (Å²) >= 11 is 0. The molecule has 0 aromatic carbocycles. The minimum absolute atomic E-state index is 0.178. The number of unbranched alkanes of at least 4 members (excludes halogenated alkanes) is 1. The number of methoxy groups -OCH3 is 1.